The van der Waals surface area contributed by atoms with Crippen molar-refractivity contribution < 1.29 is 52.7 Å². The number of halogens is 11. The Morgan fingerprint density at radius 2 is 1.51 bits per heavy atom. The van der Waals surface area contributed by atoms with Crippen LogP contribution in [0.2, 0.25) is 0 Å². The zero-order valence-electron chi connectivity index (χ0n) is 19.5. The van der Waals surface area contributed by atoms with Crippen LogP contribution in [-0.4, -0.2) is 44.2 Å². The molecule has 1 N–H and O–H groups in total. The zero-order valence-corrected chi connectivity index (χ0v) is 23.5. The average molecular weight is 719 g/mol. The lowest BCUT2D eigenvalue weighted by atomic mass is 9.96. The first kappa shape index (κ1) is 33.1. The Morgan fingerprint density at radius 3 is 2.00 bits per heavy atom. The third-order valence-electron chi connectivity index (χ3n) is 4.94. The maximum atomic E-state index is 13.7. The van der Waals surface area contributed by atoms with E-state index in [0.29, 0.717) is 27.2 Å². The number of nitrogens with one attached hydrogen (secondary N) is 1. The van der Waals surface area contributed by atoms with Crippen LogP contribution in [0.3, 0.4) is 0 Å². The minimum absolute atomic E-state index is 0.207. The van der Waals surface area contributed by atoms with Gasteiger partial charge >= 0.3 is 18.5 Å². The van der Waals surface area contributed by atoms with Gasteiger partial charge in [-0.2, -0.15) is 39.5 Å². The Kier molecular flexibility index (Phi) is 10.4. The fraction of sp³-hybridized carbons (Fsp3) is 0.348. The van der Waals surface area contributed by atoms with Gasteiger partial charge in [0.1, 0.15) is 5.75 Å². The number of carbonyl (C=O) groups is 1. The smallest absolute Gasteiger partial charge is 0.349 e. The van der Waals surface area contributed by atoms with E-state index in [4.69, 9.17) is 0 Å². The number of sulfone groups is 1. The summed E-state index contributed by atoms with van der Waals surface area (Å²) in [5, 5.41) is 1.91. The number of rotatable bonds is 8. The lowest BCUT2D eigenvalue weighted by molar-refractivity contribution is -0.139. The molecule has 0 heterocycles. The van der Waals surface area contributed by atoms with E-state index < -0.39 is 68.9 Å². The van der Waals surface area contributed by atoms with Crippen LogP contribution in [0, 0.1) is 0 Å². The normalized spacial score (nSPS) is 14.9. The third-order valence-corrected chi connectivity index (χ3v) is 7.63. The number of hydrogen-bond acceptors (Lipinski definition) is 3. The Labute approximate surface area is 233 Å². The van der Waals surface area contributed by atoms with Crippen molar-refractivity contribution >= 4 is 53.7 Å². The molecule has 39 heavy (non-hydrogen) atoms. The summed E-state index contributed by atoms with van der Waals surface area (Å²) < 4.78 is 143. The van der Waals surface area contributed by atoms with Crippen LogP contribution in [0.4, 0.5) is 39.5 Å². The minimum atomic E-state index is -5.15. The summed E-state index contributed by atoms with van der Waals surface area (Å²) in [5.41, 5.74) is -3.08. The van der Waals surface area contributed by atoms with Gasteiger partial charge in [0.25, 0.3) is 5.91 Å². The number of alkyl halides is 9. The van der Waals surface area contributed by atoms with Gasteiger partial charge in [-0.15, -0.1) is 0 Å². The van der Waals surface area contributed by atoms with Gasteiger partial charge in [-0.05, 0) is 48.4 Å². The van der Waals surface area contributed by atoms with E-state index in [1.165, 1.54) is 18.2 Å². The summed E-state index contributed by atoms with van der Waals surface area (Å²) in [6, 6.07) is 4.44. The molecule has 0 aliphatic rings. The predicted octanol–water partition coefficient (Wildman–Crippen LogP) is 7.69. The molecule has 2 rings (SSSR count). The van der Waals surface area contributed by atoms with E-state index >= 15 is 0 Å². The molecule has 2 unspecified atom stereocenters. The quantitative estimate of drug-likeness (QED) is 0.285. The highest BCUT2D eigenvalue weighted by atomic mass is 79.9. The van der Waals surface area contributed by atoms with E-state index in [1.807, 2.05) is 5.32 Å². The predicted molar refractivity (Wildman–Crippen MR) is 133 cm³/mol. The maximum Gasteiger partial charge on any atom is 0.417 e. The minimum Gasteiger partial charge on any atom is -0.349 e. The highest BCUT2D eigenvalue weighted by molar-refractivity contribution is 9.11. The van der Waals surface area contributed by atoms with Crippen LogP contribution in [-0.2, 0) is 16.0 Å². The van der Waals surface area contributed by atoms with Crippen molar-refractivity contribution in [2.75, 3.05) is 11.5 Å². The van der Waals surface area contributed by atoms with Crippen LogP contribution in [0.15, 0.2) is 51.4 Å². The number of amides is 1. The highest BCUT2D eigenvalue weighted by Crippen LogP contribution is 2.39. The molecule has 2 aromatic carbocycles. The Bertz CT molecular complexity index is 1320. The number of hydrogen-bond donors (Lipinski definition) is 1. The summed E-state index contributed by atoms with van der Waals surface area (Å²) in [6.45, 7) is 0.994. The molecule has 16 heteroatoms. The molecule has 0 radical (unpaired) electrons. The average Bonchev–Trinajstić information content (AvgIpc) is 2.69. The molecule has 0 bridgehead atoms. The van der Waals surface area contributed by atoms with Crippen molar-refractivity contribution in [3.05, 3.63) is 73.7 Å². The van der Waals surface area contributed by atoms with Crippen molar-refractivity contribution in [1.29, 1.82) is 0 Å². The second-order valence-electron chi connectivity index (χ2n) is 8.43. The van der Waals surface area contributed by atoms with E-state index in [9.17, 15) is 52.7 Å². The van der Waals surface area contributed by atoms with Crippen LogP contribution >= 0.6 is 31.9 Å². The summed E-state index contributed by atoms with van der Waals surface area (Å²) in [6.07, 6.45) is -13.5. The van der Waals surface area contributed by atoms with Crippen molar-refractivity contribution in [1.82, 2.24) is 5.32 Å². The van der Waals surface area contributed by atoms with Crippen molar-refractivity contribution in [2.45, 2.75) is 37.4 Å². The van der Waals surface area contributed by atoms with Gasteiger partial charge in [0.2, 0.25) is 0 Å². The second-order valence-corrected chi connectivity index (χ2v) is 12.4. The first-order valence-electron chi connectivity index (χ1n) is 10.6. The molecule has 1 amide bonds. The van der Waals surface area contributed by atoms with Gasteiger partial charge < -0.3 is 5.32 Å². The number of benzene rings is 2. The number of carbonyl (C=O) groups excluding carboxylic acids is 1. The molecule has 2 atom stereocenters. The fourth-order valence-corrected chi connectivity index (χ4v) is 6.29. The zero-order chi connectivity index (χ0) is 30.0. The van der Waals surface area contributed by atoms with Gasteiger partial charge in [0.05, 0.1) is 22.8 Å². The van der Waals surface area contributed by atoms with Gasteiger partial charge in [-0.25, -0.2) is 8.42 Å². The molecule has 0 spiro atoms. The first-order valence-corrected chi connectivity index (χ1v) is 14.0. The van der Waals surface area contributed by atoms with Crippen LogP contribution in [0.1, 0.15) is 39.9 Å². The fourth-order valence-electron chi connectivity index (χ4n) is 3.50. The second kappa shape index (κ2) is 12.2. The van der Waals surface area contributed by atoms with Crippen LogP contribution in [0.5, 0.6) is 0 Å². The lowest BCUT2D eigenvalue weighted by Crippen LogP contribution is -2.40. The highest BCUT2D eigenvalue weighted by Gasteiger charge is 2.40. The molecule has 0 saturated carbocycles. The lowest BCUT2D eigenvalue weighted by Gasteiger charge is -2.19. The summed E-state index contributed by atoms with van der Waals surface area (Å²) >= 11 is 6.15. The molecule has 2 aromatic rings. The maximum absolute atomic E-state index is 13.7. The Hall–Kier alpha value is -2.07. The summed E-state index contributed by atoms with van der Waals surface area (Å²) in [5.74, 6) is -6.99. The van der Waals surface area contributed by atoms with E-state index in [-0.39, 0.29) is 11.1 Å². The van der Waals surface area contributed by atoms with E-state index in [2.05, 4.69) is 31.9 Å². The molecule has 216 valence electrons. The monoisotopic (exact) mass is 717 g/mol. The van der Waals surface area contributed by atoms with Crippen molar-refractivity contribution in [3.63, 3.8) is 0 Å². The topological polar surface area (TPSA) is 63.2 Å². The Morgan fingerprint density at radius 1 is 0.949 bits per heavy atom. The molecular weight excluding hydrogens is 701 g/mol. The van der Waals surface area contributed by atoms with Gasteiger partial charge in [0, 0.05) is 15.0 Å². The summed E-state index contributed by atoms with van der Waals surface area (Å²) in [4.78, 5) is 12.4. The van der Waals surface area contributed by atoms with Crippen LogP contribution in [0.25, 0.3) is 6.08 Å². The molecule has 0 aliphatic carbocycles. The molecule has 0 aliphatic heterocycles. The standard InChI is InChI=1S/C23H18Br2F9NO3S/c1-12(10-39(37,38)11-21(26,27)28)35-20(36)17-4-2-13(6-19(17)23(32,33)34)3-5-18(22(29,30)31)14-7-15(24)9-16(25)8-14/h2-9,12,18H,10-11H2,1H3,(H,35,36)/b5-3+. The van der Waals surface area contributed by atoms with E-state index in [1.54, 1.807) is 0 Å². The molecule has 4 nitrogen and oxygen atoms in total. The molecular formula is C23H18Br2F9NO3S. The summed E-state index contributed by atoms with van der Waals surface area (Å²) in [7, 11) is -4.74. The van der Waals surface area contributed by atoms with E-state index in [0.717, 1.165) is 19.1 Å². The largest absolute Gasteiger partial charge is 0.417 e. The van der Waals surface area contributed by atoms with Crippen LogP contribution < -0.4 is 5.32 Å². The molecule has 0 aromatic heterocycles. The molecule has 0 fully saturated rings. The third kappa shape index (κ3) is 10.4. The first-order chi connectivity index (χ1) is 17.6. The van der Waals surface area contributed by atoms with Crippen molar-refractivity contribution in [3.8, 4) is 0 Å². The van der Waals surface area contributed by atoms with Gasteiger partial charge in [-0.1, -0.05) is 50.1 Å². The SMILES string of the molecule is CC(CS(=O)(=O)CC(F)(F)F)NC(=O)c1ccc(/C=C/C(c2cc(Br)cc(Br)c2)C(F)(F)F)cc1C(F)(F)F. The van der Waals surface area contributed by atoms with Crippen molar-refractivity contribution in [2.24, 2.45) is 0 Å². The Balaban J connectivity index is 2.36. The number of allylic oxidation sites excluding steroid dienone is 1. The molecule has 0 saturated heterocycles. The van der Waals surface area contributed by atoms with Gasteiger partial charge in [0.15, 0.2) is 9.84 Å². The van der Waals surface area contributed by atoms with Gasteiger partial charge in [-0.3, -0.25) is 4.79 Å².